The molecule has 0 bridgehead atoms. The van der Waals surface area contributed by atoms with Crippen LogP contribution in [0.15, 0.2) is 23.3 Å². The molecule has 1 aromatic heterocycles. The lowest BCUT2D eigenvalue weighted by atomic mass is 10.2. The molecule has 0 unspecified atom stereocenters. The van der Waals surface area contributed by atoms with Gasteiger partial charge in [0.15, 0.2) is 5.96 Å². The standard InChI is InChI=1S/C16H25ClN4O2.HI/c1-18-16(19-10-5-3-4-6-15(22)23-2)20-11-9-13-7-8-14(17)21-12-13;/h7-8,12H,3-6,9-11H2,1-2H3,(H2,18,19,20);1H. The number of unbranched alkanes of at least 4 members (excludes halogenated alkanes) is 2. The number of rotatable bonds is 9. The second kappa shape index (κ2) is 14.3. The highest BCUT2D eigenvalue weighted by Gasteiger charge is 2.01. The van der Waals surface area contributed by atoms with Gasteiger partial charge in [0.1, 0.15) is 5.15 Å². The third kappa shape index (κ3) is 10.6. The van der Waals surface area contributed by atoms with Crippen LogP contribution in [0, 0.1) is 0 Å². The van der Waals surface area contributed by atoms with Crippen LogP contribution in [0.25, 0.3) is 0 Å². The SMILES string of the molecule is CN=C(NCCCCCC(=O)OC)NCCc1ccc(Cl)nc1.I. The molecule has 0 aliphatic heterocycles. The molecule has 0 aromatic carbocycles. The van der Waals surface area contributed by atoms with Crippen molar-refractivity contribution in [1.82, 2.24) is 15.6 Å². The lowest BCUT2D eigenvalue weighted by molar-refractivity contribution is -0.140. The monoisotopic (exact) mass is 468 g/mol. The van der Waals surface area contributed by atoms with E-state index in [1.54, 1.807) is 19.3 Å². The fourth-order valence-electron chi connectivity index (χ4n) is 1.98. The van der Waals surface area contributed by atoms with Crippen LogP contribution in [-0.2, 0) is 16.0 Å². The van der Waals surface area contributed by atoms with Crippen molar-refractivity contribution in [3.8, 4) is 0 Å². The number of hydrogen-bond acceptors (Lipinski definition) is 4. The number of ether oxygens (including phenoxy) is 1. The fraction of sp³-hybridized carbons (Fsp3) is 0.562. The number of carbonyl (C=O) groups is 1. The number of esters is 1. The van der Waals surface area contributed by atoms with E-state index in [1.165, 1.54) is 7.11 Å². The van der Waals surface area contributed by atoms with E-state index in [9.17, 15) is 4.79 Å². The maximum atomic E-state index is 11.0. The molecule has 0 saturated carbocycles. The second-order valence-electron chi connectivity index (χ2n) is 5.05. The van der Waals surface area contributed by atoms with Gasteiger partial charge in [-0.25, -0.2) is 4.98 Å². The predicted molar refractivity (Wildman–Crippen MR) is 108 cm³/mol. The van der Waals surface area contributed by atoms with Gasteiger partial charge in [0, 0.05) is 32.8 Å². The van der Waals surface area contributed by atoms with Gasteiger partial charge in [-0.2, -0.15) is 0 Å². The van der Waals surface area contributed by atoms with Crippen LogP contribution in [0.3, 0.4) is 0 Å². The van der Waals surface area contributed by atoms with Crippen LogP contribution in [0.5, 0.6) is 0 Å². The van der Waals surface area contributed by atoms with E-state index >= 15 is 0 Å². The maximum absolute atomic E-state index is 11.0. The predicted octanol–water partition coefficient (Wildman–Crippen LogP) is 2.79. The fourth-order valence-corrected chi connectivity index (χ4v) is 2.09. The molecule has 1 rings (SSSR count). The quantitative estimate of drug-likeness (QED) is 0.146. The average molecular weight is 469 g/mol. The van der Waals surface area contributed by atoms with Crippen molar-refractivity contribution in [2.75, 3.05) is 27.2 Å². The van der Waals surface area contributed by atoms with Gasteiger partial charge in [-0.3, -0.25) is 9.79 Å². The Kier molecular flexibility index (Phi) is 13.6. The Labute approximate surface area is 165 Å². The Bertz CT molecular complexity index is 497. The third-order valence-corrected chi connectivity index (χ3v) is 3.52. The zero-order chi connectivity index (χ0) is 16.9. The summed E-state index contributed by atoms with van der Waals surface area (Å²) >= 11 is 5.76. The minimum atomic E-state index is -0.146. The molecule has 0 saturated heterocycles. The van der Waals surface area contributed by atoms with Crippen LogP contribution < -0.4 is 10.6 Å². The van der Waals surface area contributed by atoms with Crippen LogP contribution in [0.4, 0.5) is 0 Å². The molecular weight excluding hydrogens is 443 g/mol. The molecule has 24 heavy (non-hydrogen) atoms. The van der Waals surface area contributed by atoms with Gasteiger partial charge in [-0.05, 0) is 30.9 Å². The number of hydrogen-bond donors (Lipinski definition) is 2. The van der Waals surface area contributed by atoms with Crippen molar-refractivity contribution >= 4 is 47.5 Å². The summed E-state index contributed by atoms with van der Waals surface area (Å²) in [6.45, 7) is 1.59. The molecule has 8 heteroatoms. The topological polar surface area (TPSA) is 75.6 Å². The van der Waals surface area contributed by atoms with Gasteiger partial charge in [0.2, 0.25) is 0 Å². The molecule has 0 aliphatic carbocycles. The smallest absolute Gasteiger partial charge is 0.305 e. The number of pyridine rings is 1. The number of carbonyl (C=O) groups excluding carboxylic acids is 1. The lowest BCUT2D eigenvalue weighted by Gasteiger charge is -2.11. The first-order chi connectivity index (χ1) is 11.2. The van der Waals surface area contributed by atoms with Gasteiger partial charge in [-0.1, -0.05) is 24.1 Å². The van der Waals surface area contributed by atoms with Crippen molar-refractivity contribution in [2.24, 2.45) is 4.99 Å². The van der Waals surface area contributed by atoms with Crippen molar-refractivity contribution in [2.45, 2.75) is 32.1 Å². The number of aromatic nitrogens is 1. The van der Waals surface area contributed by atoms with Gasteiger partial charge < -0.3 is 15.4 Å². The Morgan fingerprint density at radius 1 is 1.25 bits per heavy atom. The number of guanidine groups is 1. The van der Waals surface area contributed by atoms with E-state index in [-0.39, 0.29) is 29.9 Å². The van der Waals surface area contributed by atoms with Crippen molar-refractivity contribution in [3.63, 3.8) is 0 Å². The molecule has 0 aliphatic rings. The zero-order valence-corrected chi connectivity index (χ0v) is 17.3. The van der Waals surface area contributed by atoms with Crippen LogP contribution in [0.2, 0.25) is 5.15 Å². The molecule has 1 heterocycles. The average Bonchev–Trinajstić information content (AvgIpc) is 2.57. The molecule has 136 valence electrons. The molecule has 0 atom stereocenters. The normalized spacial score (nSPS) is 10.7. The van der Waals surface area contributed by atoms with Crippen LogP contribution >= 0.6 is 35.6 Å². The summed E-state index contributed by atoms with van der Waals surface area (Å²) < 4.78 is 4.60. The summed E-state index contributed by atoms with van der Waals surface area (Å²) in [6, 6.07) is 3.76. The minimum absolute atomic E-state index is 0. The zero-order valence-electron chi connectivity index (χ0n) is 14.2. The van der Waals surface area contributed by atoms with Gasteiger partial charge in [0.25, 0.3) is 0 Å². The number of halogens is 2. The van der Waals surface area contributed by atoms with Crippen molar-refractivity contribution in [3.05, 3.63) is 29.0 Å². The summed E-state index contributed by atoms with van der Waals surface area (Å²) in [4.78, 5) is 19.2. The number of methoxy groups -OCH3 is 1. The van der Waals surface area contributed by atoms with E-state index < -0.39 is 0 Å². The molecule has 0 spiro atoms. The summed E-state index contributed by atoms with van der Waals surface area (Å²) in [7, 11) is 3.16. The van der Waals surface area contributed by atoms with Crippen LogP contribution in [0.1, 0.15) is 31.2 Å². The van der Waals surface area contributed by atoms with Crippen molar-refractivity contribution < 1.29 is 9.53 Å². The summed E-state index contributed by atoms with van der Waals surface area (Å²) in [6.07, 6.45) is 5.93. The van der Waals surface area contributed by atoms with Gasteiger partial charge >= 0.3 is 5.97 Å². The maximum Gasteiger partial charge on any atom is 0.305 e. The Hall–Kier alpha value is -1.09. The highest BCUT2D eigenvalue weighted by atomic mass is 127. The molecular formula is C16H26ClIN4O2. The summed E-state index contributed by atoms with van der Waals surface area (Å²) in [5.41, 5.74) is 1.13. The van der Waals surface area contributed by atoms with E-state index in [0.29, 0.717) is 11.6 Å². The molecule has 6 nitrogen and oxygen atoms in total. The van der Waals surface area contributed by atoms with E-state index in [1.807, 2.05) is 6.07 Å². The third-order valence-electron chi connectivity index (χ3n) is 3.30. The number of nitrogens with zero attached hydrogens (tertiary/aromatic N) is 2. The van der Waals surface area contributed by atoms with E-state index in [2.05, 4.69) is 25.3 Å². The Morgan fingerprint density at radius 3 is 2.62 bits per heavy atom. The first kappa shape index (κ1) is 22.9. The number of nitrogens with one attached hydrogen (secondary N) is 2. The van der Waals surface area contributed by atoms with Crippen molar-refractivity contribution in [1.29, 1.82) is 0 Å². The molecule has 0 amide bonds. The first-order valence-corrected chi connectivity index (χ1v) is 8.15. The Morgan fingerprint density at radius 2 is 2.00 bits per heavy atom. The minimum Gasteiger partial charge on any atom is -0.469 e. The molecule has 0 radical (unpaired) electrons. The molecule has 1 aromatic rings. The van der Waals surface area contributed by atoms with E-state index in [0.717, 1.165) is 50.3 Å². The summed E-state index contributed by atoms with van der Waals surface area (Å²) in [5, 5.41) is 7.01. The summed E-state index contributed by atoms with van der Waals surface area (Å²) in [5.74, 6) is 0.631. The second-order valence-corrected chi connectivity index (χ2v) is 5.44. The highest BCUT2D eigenvalue weighted by molar-refractivity contribution is 14.0. The number of aliphatic imine (C=N–C) groups is 1. The van der Waals surface area contributed by atoms with Gasteiger partial charge in [-0.15, -0.1) is 24.0 Å². The molecule has 2 N–H and O–H groups in total. The first-order valence-electron chi connectivity index (χ1n) is 7.77. The van der Waals surface area contributed by atoms with E-state index in [4.69, 9.17) is 11.6 Å². The lowest BCUT2D eigenvalue weighted by Crippen LogP contribution is -2.38. The Balaban J connectivity index is 0.00000529. The largest absolute Gasteiger partial charge is 0.469 e. The van der Waals surface area contributed by atoms with Crippen LogP contribution in [-0.4, -0.2) is 44.2 Å². The van der Waals surface area contributed by atoms with Gasteiger partial charge in [0.05, 0.1) is 7.11 Å². The molecule has 0 fully saturated rings. The highest BCUT2D eigenvalue weighted by Crippen LogP contribution is 2.05.